The number of ether oxygens (including phenoxy) is 1. The van der Waals surface area contributed by atoms with Gasteiger partial charge in [-0.3, -0.25) is 0 Å². The van der Waals surface area contributed by atoms with E-state index < -0.39 is 0 Å². The van der Waals surface area contributed by atoms with Crippen LogP contribution >= 0.6 is 0 Å². The maximum Gasteiger partial charge on any atom is 0.0723 e. The standard InChI is InChI=1S/C17H28N2O/c1-4-15(18)10-14-8-6-7-9-17(14)19-11-13(3)20-12-16(19)5-2/h6-9,13,15-16H,4-5,10-12,18H2,1-3H3. The van der Waals surface area contributed by atoms with Crippen LogP contribution in [0.2, 0.25) is 0 Å². The van der Waals surface area contributed by atoms with Crippen molar-refractivity contribution in [1.82, 2.24) is 0 Å². The second-order valence-electron chi connectivity index (χ2n) is 5.86. The Morgan fingerprint density at radius 1 is 1.35 bits per heavy atom. The van der Waals surface area contributed by atoms with Crippen LogP contribution in [0.5, 0.6) is 0 Å². The van der Waals surface area contributed by atoms with Crippen molar-refractivity contribution in [3.05, 3.63) is 29.8 Å². The van der Waals surface area contributed by atoms with Gasteiger partial charge in [0.2, 0.25) is 0 Å². The SMILES string of the molecule is CCC(N)Cc1ccccc1N1CC(C)OCC1CC. The summed E-state index contributed by atoms with van der Waals surface area (Å²) in [6, 6.07) is 9.42. The fraction of sp³-hybridized carbons (Fsp3) is 0.647. The lowest BCUT2D eigenvalue weighted by atomic mass is 10.00. The third-order valence-corrected chi connectivity index (χ3v) is 4.25. The van der Waals surface area contributed by atoms with Crippen molar-refractivity contribution in [3.63, 3.8) is 0 Å². The molecule has 3 nitrogen and oxygen atoms in total. The van der Waals surface area contributed by atoms with Gasteiger partial charge in [-0.15, -0.1) is 0 Å². The molecule has 0 bridgehead atoms. The van der Waals surface area contributed by atoms with Gasteiger partial charge in [0, 0.05) is 18.3 Å². The van der Waals surface area contributed by atoms with Crippen LogP contribution in [0.25, 0.3) is 0 Å². The molecule has 20 heavy (non-hydrogen) atoms. The summed E-state index contributed by atoms with van der Waals surface area (Å²) in [6.07, 6.45) is 3.38. The molecule has 0 saturated carbocycles. The zero-order valence-electron chi connectivity index (χ0n) is 13.0. The van der Waals surface area contributed by atoms with Crippen LogP contribution in [-0.4, -0.2) is 31.3 Å². The molecule has 1 aromatic carbocycles. The average Bonchev–Trinajstić information content (AvgIpc) is 2.47. The number of benzene rings is 1. The van der Waals surface area contributed by atoms with Gasteiger partial charge < -0.3 is 15.4 Å². The fourth-order valence-electron chi connectivity index (χ4n) is 2.87. The Morgan fingerprint density at radius 3 is 2.80 bits per heavy atom. The topological polar surface area (TPSA) is 38.5 Å². The zero-order valence-corrected chi connectivity index (χ0v) is 13.0. The summed E-state index contributed by atoms with van der Waals surface area (Å²) in [6.45, 7) is 8.33. The molecular weight excluding hydrogens is 248 g/mol. The monoisotopic (exact) mass is 276 g/mol. The molecule has 3 heteroatoms. The Labute approximate surface area is 123 Å². The molecule has 3 atom stereocenters. The number of rotatable bonds is 5. The van der Waals surface area contributed by atoms with Crippen molar-refractivity contribution in [2.45, 2.75) is 58.2 Å². The zero-order chi connectivity index (χ0) is 14.5. The minimum atomic E-state index is 0.245. The lowest BCUT2D eigenvalue weighted by molar-refractivity contribution is 0.0299. The molecule has 2 N–H and O–H groups in total. The van der Waals surface area contributed by atoms with E-state index in [0.717, 1.165) is 32.4 Å². The minimum absolute atomic E-state index is 0.245. The minimum Gasteiger partial charge on any atom is -0.375 e. The predicted octanol–water partition coefficient (Wildman–Crippen LogP) is 2.97. The molecular formula is C17H28N2O. The van der Waals surface area contributed by atoms with Gasteiger partial charge in [0.15, 0.2) is 0 Å². The van der Waals surface area contributed by atoms with E-state index in [1.165, 1.54) is 11.3 Å². The second kappa shape index (κ2) is 7.09. The molecule has 0 amide bonds. The summed E-state index contributed by atoms with van der Waals surface area (Å²) in [5.41, 5.74) is 8.87. The van der Waals surface area contributed by atoms with E-state index >= 15 is 0 Å². The molecule has 1 heterocycles. The molecule has 0 aromatic heterocycles. The quantitative estimate of drug-likeness (QED) is 0.898. The number of para-hydroxylation sites is 1. The first-order valence-corrected chi connectivity index (χ1v) is 7.87. The number of nitrogens with two attached hydrogens (primary N) is 1. The molecule has 112 valence electrons. The lowest BCUT2D eigenvalue weighted by Crippen LogP contribution is -2.49. The number of nitrogens with zero attached hydrogens (tertiary/aromatic N) is 1. The molecule has 2 rings (SSSR count). The summed E-state index contributed by atoms with van der Waals surface area (Å²) in [7, 11) is 0. The van der Waals surface area contributed by atoms with Crippen LogP contribution in [0.4, 0.5) is 5.69 Å². The average molecular weight is 276 g/mol. The van der Waals surface area contributed by atoms with E-state index in [0.29, 0.717) is 12.1 Å². The molecule has 0 aliphatic carbocycles. The van der Waals surface area contributed by atoms with Gasteiger partial charge in [0.25, 0.3) is 0 Å². The van der Waals surface area contributed by atoms with Crippen LogP contribution in [0.3, 0.4) is 0 Å². The molecule has 1 aliphatic rings. The summed E-state index contributed by atoms with van der Waals surface area (Å²) < 4.78 is 5.81. The van der Waals surface area contributed by atoms with E-state index in [-0.39, 0.29) is 6.04 Å². The number of hydrogen-bond acceptors (Lipinski definition) is 3. The Hall–Kier alpha value is -1.06. The largest absolute Gasteiger partial charge is 0.375 e. The first-order valence-electron chi connectivity index (χ1n) is 7.87. The summed E-state index contributed by atoms with van der Waals surface area (Å²) in [5, 5.41) is 0. The second-order valence-corrected chi connectivity index (χ2v) is 5.86. The maximum atomic E-state index is 6.15. The van der Waals surface area contributed by atoms with Gasteiger partial charge in [-0.1, -0.05) is 32.0 Å². The summed E-state index contributed by atoms with van der Waals surface area (Å²) >= 11 is 0. The van der Waals surface area contributed by atoms with E-state index in [4.69, 9.17) is 10.5 Å². The molecule has 1 fully saturated rings. The third-order valence-electron chi connectivity index (χ3n) is 4.25. The normalized spacial score (nSPS) is 24.7. The van der Waals surface area contributed by atoms with Gasteiger partial charge in [-0.25, -0.2) is 0 Å². The van der Waals surface area contributed by atoms with Crippen molar-refractivity contribution in [1.29, 1.82) is 0 Å². The van der Waals surface area contributed by atoms with Gasteiger partial charge in [0.05, 0.1) is 18.8 Å². The fourth-order valence-corrected chi connectivity index (χ4v) is 2.87. The third kappa shape index (κ3) is 3.53. The molecule has 0 radical (unpaired) electrons. The predicted molar refractivity (Wildman–Crippen MR) is 85.3 cm³/mol. The van der Waals surface area contributed by atoms with Crippen molar-refractivity contribution < 1.29 is 4.74 Å². The Morgan fingerprint density at radius 2 is 2.10 bits per heavy atom. The van der Waals surface area contributed by atoms with Gasteiger partial charge in [-0.2, -0.15) is 0 Å². The highest BCUT2D eigenvalue weighted by Crippen LogP contribution is 2.28. The Bertz CT molecular complexity index is 421. The highest BCUT2D eigenvalue weighted by Gasteiger charge is 2.27. The smallest absolute Gasteiger partial charge is 0.0723 e. The van der Waals surface area contributed by atoms with E-state index in [1.807, 2.05) is 0 Å². The molecule has 3 unspecified atom stereocenters. The first-order chi connectivity index (χ1) is 9.65. The lowest BCUT2D eigenvalue weighted by Gasteiger charge is -2.41. The van der Waals surface area contributed by atoms with Crippen LogP contribution in [0, 0.1) is 0 Å². The number of anilines is 1. The summed E-state index contributed by atoms with van der Waals surface area (Å²) in [4.78, 5) is 2.52. The van der Waals surface area contributed by atoms with E-state index in [1.54, 1.807) is 0 Å². The van der Waals surface area contributed by atoms with Crippen molar-refractivity contribution >= 4 is 5.69 Å². The first kappa shape index (κ1) is 15.3. The summed E-state index contributed by atoms with van der Waals surface area (Å²) in [5.74, 6) is 0. The maximum absolute atomic E-state index is 6.15. The van der Waals surface area contributed by atoms with Gasteiger partial charge in [-0.05, 0) is 37.8 Å². The molecule has 0 spiro atoms. The molecule has 1 saturated heterocycles. The van der Waals surface area contributed by atoms with Crippen molar-refractivity contribution in [2.75, 3.05) is 18.1 Å². The van der Waals surface area contributed by atoms with E-state index in [9.17, 15) is 0 Å². The molecule has 1 aliphatic heterocycles. The highest BCUT2D eigenvalue weighted by atomic mass is 16.5. The van der Waals surface area contributed by atoms with Crippen molar-refractivity contribution in [3.8, 4) is 0 Å². The Kier molecular flexibility index (Phi) is 5.44. The van der Waals surface area contributed by atoms with Crippen molar-refractivity contribution in [2.24, 2.45) is 5.73 Å². The van der Waals surface area contributed by atoms with Gasteiger partial charge in [0.1, 0.15) is 0 Å². The molecule has 1 aromatic rings. The number of hydrogen-bond donors (Lipinski definition) is 1. The van der Waals surface area contributed by atoms with Crippen LogP contribution < -0.4 is 10.6 Å². The van der Waals surface area contributed by atoms with Crippen LogP contribution in [0.1, 0.15) is 39.2 Å². The van der Waals surface area contributed by atoms with Crippen LogP contribution in [-0.2, 0) is 11.2 Å². The van der Waals surface area contributed by atoms with E-state index in [2.05, 4.69) is 49.9 Å². The Balaban J connectivity index is 2.25. The van der Waals surface area contributed by atoms with Crippen LogP contribution in [0.15, 0.2) is 24.3 Å². The van der Waals surface area contributed by atoms with Gasteiger partial charge >= 0.3 is 0 Å². The highest BCUT2D eigenvalue weighted by molar-refractivity contribution is 5.55. The number of morpholine rings is 1.